The quantitative estimate of drug-likeness (QED) is 0.327. The number of H-pyrrole nitrogens is 1. The van der Waals surface area contributed by atoms with Crippen molar-refractivity contribution in [2.75, 3.05) is 19.6 Å². The van der Waals surface area contributed by atoms with E-state index >= 15 is 0 Å². The molecule has 1 saturated heterocycles. The van der Waals surface area contributed by atoms with Crippen molar-refractivity contribution in [1.29, 1.82) is 0 Å². The Morgan fingerprint density at radius 1 is 0.972 bits per heavy atom. The molecule has 0 radical (unpaired) electrons. The van der Waals surface area contributed by atoms with Gasteiger partial charge in [-0.05, 0) is 55.5 Å². The number of benzene rings is 3. The number of aromatic hydroxyl groups is 1. The molecule has 0 saturated carbocycles. The number of amides is 1. The summed E-state index contributed by atoms with van der Waals surface area (Å²) in [5.41, 5.74) is 4.88. The lowest BCUT2D eigenvalue weighted by atomic mass is 9.99. The first-order valence-electron chi connectivity index (χ1n) is 12.5. The van der Waals surface area contributed by atoms with Gasteiger partial charge in [-0.25, -0.2) is 0 Å². The average Bonchev–Trinajstić information content (AvgIpc) is 3.22. The van der Waals surface area contributed by atoms with Gasteiger partial charge in [0.15, 0.2) is 0 Å². The molecule has 36 heavy (non-hydrogen) atoms. The van der Waals surface area contributed by atoms with Crippen molar-refractivity contribution in [3.05, 3.63) is 101 Å². The molecule has 0 bridgehead atoms. The number of nitrogens with zero attached hydrogens (tertiary/aromatic N) is 2. The van der Waals surface area contributed by atoms with Crippen molar-refractivity contribution < 1.29 is 9.90 Å². The van der Waals surface area contributed by atoms with Crippen molar-refractivity contribution in [3.63, 3.8) is 0 Å². The van der Waals surface area contributed by atoms with Gasteiger partial charge >= 0.3 is 0 Å². The van der Waals surface area contributed by atoms with Crippen molar-refractivity contribution in [1.82, 2.24) is 14.8 Å². The number of nitrogens with one attached hydrogen (secondary N) is 1. The van der Waals surface area contributed by atoms with Gasteiger partial charge in [-0.2, -0.15) is 0 Å². The van der Waals surface area contributed by atoms with Crippen LogP contribution >= 0.6 is 12.4 Å². The molecule has 3 aromatic carbocycles. The average molecular weight is 504 g/mol. The van der Waals surface area contributed by atoms with Crippen LogP contribution in [0.2, 0.25) is 0 Å². The first kappa shape index (κ1) is 25.8. The summed E-state index contributed by atoms with van der Waals surface area (Å²) in [6, 6.07) is 26.2. The Morgan fingerprint density at radius 3 is 2.28 bits per heavy atom. The third-order valence-corrected chi connectivity index (χ3v) is 7.20. The molecule has 1 aliphatic rings. The Balaban J connectivity index is 0.00000304. The molecule has 2 N–H and O–H groups in total. The Bertz CT molecular complexity index is 1280. The molecule has 2 heterocycles. The Labute approximate surface area is 219 Å². The van der Waals surface area contributed by atoms with Gasteiger partial charge in [-0.15, -0.1) is 12.4 Å². The predicted octanol–water partition coefficient (Wildman–Crippen LogP) is 5.95. The van der Waals surface area contributed by atoms with Gasteiger partial charge in [0.25, 0.3) is 5.91 Å². The fraction of sp³-hybridized carbons (Fsp3) is 0.300. The summed E-state index contributed by atoms with van der Waals surface area (Å²) in [4.78, 5) is 22.0. The lowest BCUT2D eigenvalue weighted by Crippen LogP contribution is -2.47. The van der Waals surface area contributed by atoms with Gasteiger partial charge < -0.3 is 19.9 Å². The van der Waals surface area contributed by atoms with E-state index < -0.39 is 0 Å². The van der Waals surface area contributed by atoms with E-state index in [9.17, 15) is 9.90 Å². The van der Waals surface area contributed by atoms with Crippen LogP contribution < -0.4 is 0 Å². The number of rotatable bonds is 7. The first-order chi connectivity index (χ1) is 17.1. The highest BCUT2D eigenvalue weighted by Crippen LogP contribution is 2.29. The highest BCUT2D eigenvalue weighted by molar-refractivity contribution is 6.08. The molecule has 0 spiro atoms. The van der Waals surface area contributed by atoms with Crippen LogP contribution in [0.15, 0.2) is 78.9 Å². The highest BCUT2D eigenvalue weighted by Gasteiger charge is 2.31. The molecule has 1 aromatic heterocycles. The van der Waals surface area contributed by atoms with Crippen molar-refractivity contribution in [2.45, 2.75) is 38.8 Å². The zero-order valence-electron chi connectivity index (χ0n) is 20.7. The second-order valence-corrected chi connectivity index (χ2v) is 9.58. The third-order valence-electron chi connectivity index (χ3n) is 7.20. The number of likely N-dealkylation sites (tertiary alicyclic amines) is 1. The molecular weight excluding hydrogens is 470 g/mol. The zero-order valence-corrected chi connectivity index (χ0v) is 21.5. The molecule has 6 heteroatoms. The van der Waals surface area contributed by atoms with Gasteiger partial charge in [-0.3, -0.25) is 4.79 Å². The number of aromatic nitrogens is 1. The van der Waals surface area contributed by atoms with Gasteiger partial charge in [0.1, 0.15) is 5.75 Å². The number of halogens is 1. The molecule has 1 aliphatic heterocycles. The minimum atomic E-state index is 0. The number of fused-ring (bicyclic) bond motifs is 1. The van der Waals surface area contributed by atoms with E-state index in [0.29, 0.717) is 12.1 Å². The molecule has 0 aliphatic carbocycles. The topological polar surface area (TPSA) is 59.6 Å². The standard InChI is InChI=1S/C30H33N3O2.ClH/c1-22-29(27-20-26(34)12-13-28(27)31-22)30(35)33(21-24-10-6-3-7-11-24)25-15-18-32(19-16-25)17-14-23-8-4-2-5-9-23;/h2-13,20,25,31,34H,14-19,21H2,1H3;1H. The molecule has 0 atom stereocenters. The summed E-state index contributed by atoms with van der Waals surface area (Å²) in [6.07, 6.45) is 2.97. The maximum Gasteiger partial charge on any atom is 0.256 e. The summed E-state index contributed by atoms with van der Waals surface area (Å²) in [6.45, 7) is 5.55. The summed E-state index contributed by atoms with van der Waals surface area (Å²) in [5, 5.41) is 10.9. The lowest BCUT2D eigenvalue weighted by molar-refractivity contribution is 0.0552. The number of aromatic amines is 1. The fourth-order valence-corrected chi connectivity index (χ4v) is 5.27. The maximum atomic E-state index is 14.1. The molecule has 5 rings (SSSR count). The van der Waals surface area contributed by atoms with E-state index in [1.54, 1.807) is 12.1 Å². The fourth-order valence-electron chi connectivity index (χ4n) is 5.27. The number of piperidine rings is 1. The number of aryl methyl sites for hydroxylation is 1. The second-order valence-electron chi connectivity index (χ2n) is 9.58. The lowest BCUT2D eigenvalue weighted by Gasteiger charge is -2.39. The number of phenols is 1. The Morgan fingerprint density at radius 2 is 1.61 bits per heavy atom. The van der Waals surface area contributed by atoms with Crippen LogP contribution in [0.25, 0.3) is 10.9 Å². The van der Waals surface area contributed by atoms with Gasteiger partial charge in [0.2, 0.25) is 0 Å². The highest BCUT2D eigenvalue weighted by atomic mass is 35.5. The molecule has 5 nitrogen and oxygen atoms in total. The van der Waals surface area contributed by atoms with Crippen molar-refractivity contribution in [2.24, 2.45) is 0 Å². The first-order valence-corrected chi connectivity index (χ1v) is 12.5. The molecule has 188 valence electrons. The summed E-state index contributed by atoms with van der Waals surface area (Å²) in [7, 11) is 0. The third kappa shape index (κ3) is 5.75. The van der Waals surface area contributed by atoms with Crippen LogP contribution in [0, 0.1) is 6.92 Å². The minimum Gasteiger partial charge on any atom is -0.508 e. The van der Waals surface area contributed by atoms with Crippen molar-refractivity contribution >= 4 is 29.2 Å². The summed E-state index contributed by atoms with van der Waals surface area (Å²) in [5.74, 6) is 0.206. The van der Waals surface area contributed by atoms with Crippen LogP contribution in [0.4, 0.5) is 0 Å². The van der Waals surface area contributed by atoms with E-state index in [2.05, 4.69) is 57.2 Å². The molecular formula is C30H34ClN3O2. The SMILES string of the molecule is Cc1[nH]c2ccc(O)cc2c1C(=O)N(Cc1ccccc1)C1CCN(CCc2ccccc2)CC1.Cl. The maximum absolute atomic E-state index is 14.1. The zero-order chi connectivity index (χ0) is 24.2. The van der Waals surface area contributed by atoms with Gasteiger partial charge in [0, 0.05) is 48.8 Å². The van der Waals surface area contributed by atoms with Crippen LogP contribution in [-0.2, 0) is 13.0 Å². The van der Waals surface area contributed by atoms with E-state index in [4.69, 9.17) is 0 Å². The Hall–Kier alpha value is -3.28. The largest absolute Gasteiger partial charge is 0.508 e. The van der Waals surface area contributed by atoms with Gasteiger partial charge in [-0.1, -0.05) is 60.7 Å². The smallest absolute Gasteiger partial charge is 0.256 e. The van der Waals surface area contributed by atoms with E-state index in [0.717, 1.165) is 61.1 Å². The molecule has 0 unspecified atom stereocenters. The van der Waals surface area contributed by atoms with Crippen LogP contribution in [0.1, 0.15) is 40.0 Å². The number of hydrogen-bond acceptors (Lipinski definition) is 3. The van der Waals surface area contributed by atoms with E-state index in [-0.39, 0.29) is 30.1 Å². The molecule has 1 amide bonds. The van der Waals surface area contributed by atoms with Gasteiger partial charge in [0.05, 0.1) is 5.56 Å². The van der Waals surface area contributed by atoms with Crippen LogP contribution in [0.5, 0.6) is 5.75 Å². The van der Waals surface area contributed by atoms with Crippen LogP contribution in [-0.4, -0.2) is 51.5 Å². The number of carbonyl (C=O) groups is 1. The molecule has 4 aromatic rings. The molecule has 1 fully saturated rings. The van der Waals surface area contributed by atoms with E-state index in [1.807, 2.05) is 31.2 Å². The van der Waals surface area contributed by atoms with Crippen LogP contribution in [0.3, 0.4) is 0 Å². The van der Waals surface area contributed by atoms with E-state index in [1.165, 1.54) is 5.56 Å². The monoisotopic (exact) mass is 503 g/mol. The number of carbonyl (C=O) groups excluding carboxylic acids is 1. The van der Waals surface area contributed by atoms with Crippen molar-refractivity contribution in [3.8, 4) is 5.75 Å². The number of phenolic OH excluding ortho intramolecular Hbond substituents is 1. The Kier molecular flexibility index (Phi) is 8.34. The number of hydrogen-bond donors (Lipinski definition) is 2. The summed E-state index contributed by atoms with van der Waals surface area (Å²) >= 11 is 0. The second kappa shape index (κ2) is 11.6. The normalized spacial score (nSPS) is 14.5. The predicted molar refractivity (Wildman–Crippen MR) is 148 cm³/mol. The minimum absolute atomic E-state index is 0. The summed E-state index contributed by atoms with van der Waals surface area (Å²) < 4.78 is 0.